The zero-order valence-corrected chi connectivity index (χ0v) is 12.4. The molecule has 3 aromatic rings. The number of hydrogen-bond acceptors (Lipinski definition) is 4. The summed E-state index contributed by atoms with van der Waals surface area (Å²) < 4.78 is 7.11. The van der Waals surface area contributed by atoms with Crippen LogP contribution in [-0.4, -0.2) is 20.7 Å². The molecule has 22 heavy (non-hydrogen) atoms. The number of fused-ring (bicyclic) bond motifs is 2. The summed E-state index contributed by atoms with van der Waals surface area (Å²) in [6, 6.07) is 3.54. The van der Waals surface area contributed by atoms with Crippen LogP contribution in [0.3, 0.4) is 0 Å². The van der Waals surface area contributed by atoms with Crippen LogP contribution in [0.25, 0.3) is 22.4 Å². The van der Waals surface area contributed by atoms with Crippen molar-refractivity contribution in [1.82, 2.24) is 14.8 Å². The topological polar surface area (TPSA) is 86.9 Å². The average molecular weight is 317 g/mol. The van der Waals surface area contributed by atoms with Crippen molar-refractivity contribution in [3.63, 3.8) is 0 Å². The van der Waals surface area contributed by atoms with Gasteiger partial charge < -0.3 is 10.2 Å². The van der Waals surface area contributed by atoms with Crippen LogP contribution in [0.4, 0.5) is 0 Å². The van der Waals surface area contributed by atoms with Crippen molar-refractivity contribution in [2.45, 2.75) is 25.8 Å². The van der Waals surface area contributed by atoms with E-state index in [-0.39, 0.29) is 0 Å². The smallest absolute Gasteiger partial charge is 0.252 e. The van der Waals surface area contributed by atoms with Gasteiger partial charge in [0.25, 0.3) is 5.91 Å². The third kappa shape index (κ3) is 1.91. The molecule has 0 spiro atoms. The molecule has 0 unspecified atom stereocenters. The van der Waals surface area contributed by atoms with Crippen molar-refractivity contribution in [2.24, 2.45) is 5.73 Å². The minimum Gasteiger partial charge on any atom is -0.442 e. The zero-order chi connectivity index (χ0) is 15.3. The molecular formula is C15H13ClN4O2. The zero-order valence-electron chi connectivity index (χ0n) is 11.7. The number of aromatic nitrogens is 3. The van der Waals surface area contributed by atoms with Crippen molar-refractivity contribution >= 4 is 28.6 Å². The summed E-state index contributed by atoms with van der Waals surface area (Å²) in [6.07, 6.45) is 4.24. The number of benzene rings is 1. The molecule has 1 aliphatic heterocycles. The van der Waals surface area contributed by atoms with Gasteiger partial charge >= 0.3 is 0 Å². The Labute approximate surface area is 130 Å². The van der Waals surface area contributed by atoms with Gasteiger partial charge in [0.2, 0.25) is 0 Å². The number of primary amides is 1. The molecule has 112 valence electrons. The molecule has 0 atom stereocenters. The summed E-state index contributed by atoms with van der Waals surface area (Å²) in [5, 5.41) is 5.01. The molecule has 0 aliphatic carbocycles. The maximum absolute atomic E-state index is 11.9. The molecule has 3 heterocycles. The van der Waals surface area contributed by atoms with E-state index in [2.05, 4.69) is 10.1 Å². The molecule has 0 saturated heterocycles. The number of halogens is 1. The first-order valence-corrected chi connectivity index (χ1v) is 7.45. The largest absolute Gasteiger partial charge is 0.442 e. The lowest BCUT2D eigenvalue weighted by atomic mass is 10.0. The number of carbonyl (C=O) groups is 1. The van der Waals surface area contributed by atoms with Crippen molar-refractivity contribution in [1.29, 1.82) is 0 Å². The Balaban J connectivity index is 1.97. The fourth-order valence-electron chi connectivity index (χ4n) is 3.01. The van der Waals surface area contributed by atoms with Crippen LogP contribution in [0.2, 0.25) is 5.02 Å². The molecule has 1 aromatic carbocycles. The Morgan fingerprint density at radius 3 is 3.05 bits per heavy atom. The molecule has 1 aliphatic rings. The number of oxazole rings is 1. The third-order valence-corrected chi connectivity index (χ3v) is 4.28. The van der Waals surface area contributed by atoms with Gasteiger partial charge in [-0.2, -0.15) is 5.10 Å². The van der Waals surface area contributed by atoms with Crippen molar-refractivity contribution in [3.05, 3.63) is 34.8 Å². The van der Waals surface area contributed by atoms with E-state index < -0.39 is 5.91 Å². The Morgan fingerprint density at radius 1 is 1.36 bits per heavy atom. The Kier molecular flexibility index (Phi) is 2.94. The summed E-state index contributed by atoms with van der Waals surface area (Å²) >= 11 is 6.23. The van der Waals surface area contributed by atoms with Crippen LogP contribution < -0.4 is 5.73 Å². The predicted octanol–water partition coefficient (Wildman–Crippen LogP) is 2.78. The molecule has 0 saturated carbocycles. The summed E-state index contributed by atoms with van der Waals surface area (Å²) in [5.41, 5.74) is 9.43. The predicted molar refractivity (Wildman–Crippen MR) is 81.7 cm³/mol. The molecule has 6 nitrogen and oxygen atoms in total. The van der Waals surface area contributed by atoms with Gasteiger partial charge in [-0.05, 0) is 31.4 Å². The Morgan fingerprint density at radius 2 is 2.23 bits per heavy atom. The second-order valence-corrected chi connectivity index (χ2v) is 5.78. The highest BCUT2D eigenvalue weighted by molar-refractivity contribution is 6.35. The SMILES string of the molecule is NC(=O)c1c(-c2cc(Cl)c3ocnc3c2)nn2c1CCCC2. The van der Waals surface area contributed by atoms with E-state index >= 15 is 0 Å². The number of aryl methyl sites for hydroxylation is 1. The van der Waals surface area contributed by atoms with E-state index in [9.17, 15) is 4.79 Å². The quantitative estimate of drug-likeness (QED) is 0.787. The van der Waals surface area contributed by atoms with Gasteiger partial charge in [0.1, 0.15) is 11.2 Å². The maximum atomic E-state index is 11.9. The summed E-state index contributed by atoms with van der Waals surface area (Å²) in [4.78, 5) is 16.0. The lowest BCUT2D eigenvalue weighted by Crippen LogP contribution is -2.17. The molecule has 1 amide bonds. The molecular weight excluding hydrogens is 304 g/mol. The highest BCUT2D eigenvalue weighted by atomic mass is 35.5. The van der Waals surface area contributed by atoms with Crippen molar-refractivity contribution in [3.8, 4) is 11.3 Å². The van der Waals surface area contributed by atoms with Crippen LogP contribution in [-0.2, 0) is 13.0 Å². The third-order valence-electron chi connectivity index (χ3n) is 4.00. The van der Waals surface area contributed by atoms with E-state index in [1.807, 2.05) is 10.7 Å². The first-order chi connectivity index (χ1) is 10.6. The van der Waals surface area contributed by atoms with Gasteiger partial charge in [-0.25, -0.2) is 4.98 Å². The average Bonchev–Trinajstić information content (AvgIpc) is 3.11. The Hall–Kier alpha value is -2.34. The number of carbonyl (C=O) groups excluding carboxylic acids is 1. The minimum absolute atomic E-state index is 0.436. The molecule has 0 bridgehead atoms. The second kappa shape index (κ2) is 4.84. The van der Waals surface area contributed by atoms with Gasteiger partial charge in [-0.15, -0.1) is 0 Å². The fourth-order valence-corrected chi connectivity index (χ4v) is 3.27. The fraction of sp³-hybridized carbons (Fsp3) is 0.267. The number of hydrogen-bond donors (Lipinski definition) is 1. The van der Waals surface area contributed by atoms with Crippen molar-refractivity contribution < 1.29 is 9.21 Å². The van der Waals surface area contributed by atoms with E-state index in [1.54, 1.807) is 6.07 Å². The molecule has 0 fully saturated rings. The second-order valence-electron chi connectivity index (χ2n) is 5.37. The number of rotatable bonds is 2. The van der Waals surface area contributed by atoms with E-state index in [1.165, 1.54) is 6.39 Å². The highest BCUT2D eigenvalue weighted by Gasteiger charge is 2.25. The summed E-state index contributed by atoms with van der Waals surface area (Å²) in [7, 11) is 0. The monoisotopic (exact) mass is 316 g/mol. The molecule has 7 heteroatoms. The molecule has 2 N–H and O–H groups in total. The highest BCUT2D eigenvalue weighted by Crippen LogP contribution is 2.33. The minimum atomic E-state index is -0.463. The molecule has 2 aromatic heterocycles. The molecule has 4 rings (SSSR count). The number of nitrogens with zero attached hydrogens (tertiary/aromatic N) is 3. The van der Waals surface area contributed by atoms with Crippen LogP contribution in [0.15, 0.2) is 22.9 Å². The first-order valence-electron chi connectivity index (χ1n) is 7.08. The Bertz CT molecular complexity index is 896. The standard InChI is InChI=1S/C15H13ClN4O2/c16-9-5-8(6-10-14(9)22-7-18-10)13-12(15(17)21)11-3-1-2-4-20(11)19-13/h5-7H,1-4H2,(H2,17,21). The first kappa shape index (κ1) is 13.3. The van der Waals surface area contributed by atoms with Gasteiger partial charge in [0.15, 0.2) is 12.0 Å². The van der Waals surface area contributed by atoms with Gasteiger partial charge in [0.05, 0.1) is 16.3 Å². The van der Waals surface area contributed by atoms with E-state index in [0.29, 0.717) is 27.4 Å². The van der Waals surface area contributed by atoms with E-state index in [4.69, 9.17) is 21.8 Å². The van der Waals surface area contributed by atoms with Crippen LogP contribution in [0.5, 0.6) is 0 Å². The lowest BCUT2D eigenvalue weighted by Gasteiger charge is -2.13. The summed E-state index contributed by atoms with van der Waals surface area (Å²) in [5.74, 6) is -0.463. The van der Waals surface area contributed by atoms with E-state index in [0.717, 1.165) is 37.1 Å². The summed E-state index contributed by atoms with van der Waals surface area (Å²) in [6.45, 7) is 0.801. The molecule has 0 radical (unpaired) electrons. The van der Waals surface area contributed by atoms with Gasteiger partial charge in [-0.1, -0.05) is 11.6 Å². The van der Waals surface area contributed by atoms with Gasteiger partial charge in [-0.3, -0.25) is 9.48 Å². The lowest BCUT2D eigenvalue weighted by molar-refractivity contribution is 0.0999. The maximum Gasteiger partial charge on any atom is 0.252 e. The van der Waals surface area contributed by atoms with Crippen LogP contribution >= 0.6 is 11.6 Å². The van der Waals surface area contributed by atoms with Gasteiger partial charge in [0, 0.05) is 12.1 Å². The number of nitrogens with two attached hydrogens (primary N) is 1. The van der Waals surface area contributed by atoms with Crippen molar-refractivity contribution in [2.75, 3.05) is 0 Å². The normalized spacial score (nSPS) is 14.2. The number of amides is 1. The van der Waals surface area contributed by atoms with Crippen LogP contribution in [0, 0.1) is 0 Å². The van der Waals surface area contributed by atoms with Crippen LogP contribution in [0.1, 0.15) is 28.9 Å².